The van der Waals surface area contributed by atoms with E-state index in [2.05, 4.69) is 25.7 Å². The van der Waals surface area contributed by atoms with E-state index in [1.54, 1.807) is 0 Å². The molecule has 0 heterocycles. The second-order valence-electron chi connectivity index (χ2n) is 4.75. The summed E-state index contributed by atoms with van der Waals surface area (Å²) in [6.45, 7) is 9.23. The molecule has 0 saturated carbocycles. The number of aliphatic carboxylic acids is 1. The highest BCUT2D eigenvalue weighted by molar-refractivity contribution is 6.26. The quantitative estimate of drug-likeness (QED) is 0.665. The highest BCUT2D eigenvalue weighted by Crippen LogP contribution is 2.33. The maximum absolute atomic E-state index is 11.3. The van der Waals surface area contributed by atoms with Crippen molar-refractivity contribution in [2.24, 2.45) is 0 Å². The van der Waals surface area contributed by atoms with Gasteiger partial charge in [0.15, 0.2) is 0 Å². The number of unbranched alkanes of at least 4 members (excludes halogenated alkanes) is 1. The molecule has 0 saturated heterocycles. The zero-order valence-corrected chi connectivity index (χ0v) is 13.7. The van der Waals surface area contributed by atoms with Crippen molar-refractivity contribution in [1.82, 2.24) is 4.90 Å². The van der Waals surface area contributed by atoms with Gasteiger partial charge in [0, 0.05) is 5.31 Å². The van der Waals surface area contributed by atoms with Crippen molar-refractivity contribution in [3.8, 4) is 0 Å². The van der Waals surface area contributed by atoms with Gasteiger partial charge in [-0.1, -0.05) is 33.6 Å². The Kier molecular flexibility index (Phi) is 15.6. The fourth-order valence-corrected chi connectivity index (χ4v) is 1.85. The standard InChI is InChI=1S/C12H26BNO2.2ClH/c1-4-7-8-12(13,11(15)16)9-10-14(5-2)6-3;;/h4-10,13H2,1-3H3,(H,15,16);2*1H. The van der Waals surface area contributed by atoms with Crippen LogP contribution >= 0.6 is 24.8 Å². The van der Waals surface area contributed by atoms with E-state index in [0.717, 1.165) is 45.3 Å². The van der Waals surface area contributed by atoms with Gasteiger partial charge >= 0.3 is 5.97 Å². The number of hydrogen-bond acceptors (Lipinski definition) is 2. The first-order chi connectivity index (χ1) is 7.50. The van der Waals surface area contributed by atoms with Gasteiger partial charge in [-0.3, -0.25) is 4.79 Å². The summed E-state index contributed by atoms with van der Waals surface area (Å²) in [7, 11) is 1.88. The Morgan fingerprint density at radius 2 is 1.67 bits per heavy atom. The molecule has 0 fully saturated rings. The lowest BCUT2D eigenvalue weighted by molar-refractivity contribution is -0.141. The van der Waals surface area contributed by atoms with Gasteiger partial charge in [0.25, 0.3) is 0 Å². The van der Waals surface area contributed by atoms with Crippen LogP contribution in [0.4, 0.5) is 0 Å². The Labute approximate surface area is 125 Å². The average Bonchev–Trinajstić information content (AvgIpc) is 2.27. The molecule has 0 aliphatic heterocycles. The normalized spacial score (nSPS) is 13.3. The smallest absolute Gasteiger partial charge is 0.301 e. The lowest BCUT2D eigenvalue weighted by atomic mass is 9.63. The summed E-state index contributed by atoms with van der Waals surface area (Å²) in [6, 6.07) is 0. The van der Waals surface area contributed by atoms with Crippen LogP contribution < -0.4 is 0 Å². The monoisotopic (exact) mass is 299 g/mol. The second-order valence-corrected chi connectivity index (χ2v) is 4.75. The van der Waals surface area contributed by atoms with Gasteiger partial charge in [-0.15, -0.1) is 24.8 Å². The van der Waals surface area contributed by atoms with Crippen molar-refractivity contribution in [2.75, 3.05) is 19.6 Å². The Morgan fingerprint density at radius 3 is 2.00 bits per heavy atom. The summed E-state index contributed by atoms with van der Waals surface area (Å²) in [4.78, 5) is 13.6. The highest BCUT2D eigenvalue weighted by atomic mass is 35.5. The number of carbonyl (C=O) groups is 1. The maximum Gasteiger partial charge on any atom is 0.301 e. The third-order valence-electron chi connectivity index (χ3n) is 3.47. The molecule has 6 heteroatoms. The fourth-order valence-electron chi connectivity index (χ4n) is 1.85. The van der Waals surface area contributed by atoms with Crippen LogP contribution in [0.15, 0.2) is 0 Å². The van der Waals surface area contributed by atoms with Gasteiger partial charge in [-0.25, -0.2) is 0 Å². The van der Waals surface area contributed by atoms with Gasteiger partial charge in [-0.05, 0) is 32.5 Å². The zero-order chi connectivity index (χ0) is 12.6. The van der Waals surface area contributed by atoms with E-state index in [1.165, 1.54) is 0 Å². The molecule has 110 valence electrons. The molecule has 1 atom stereocenters. The van der Waals surface area contributed by atoms with Gasteiger partial charge in [-0.2, -0.15) is 0 Å². The van der Waals surface area contributed by atoms with E-state index in [1.807, 2.05) is 7.85 Å². The number of nitrogens with zero attached hydrogens (tertiary/aromatic N) is 1. The van der Waals surface area contributed by atoms with Crippen LogP contribution in [0.5, 0.6) is 0 Å². The van der Waals surface area contributed by atoms with Crippen molar-refractivity contribution in [2.45, 2.75) is 51.8 Å². The summed E-state index contributed by atoms with van der Waals surface area (Å²) in [5.41, 5.74) is 0. The Bertz CT molecular complexity index is 216. The molecular formula is C12H28BCl2NO2. The predicted molar refractivity (Wildman–Crippen MR) is 85.3 cm³/mol. The summed E-state index contributed by atoms with van der Waals surface area (Å²) in [5, 5.41) is 8.76. The summed E-state index contributed by atoms with van der Waals surface area (Å²) < 4.78 is 0. The third-order valence-corrected chi connectivity index (χ3v) is 3.47. The highest BCUT2D eigenvalue weighted by Gasteiger charge is 2.32. The molecule has 18 heavy (non-hydrogen) atoms. The largest absolute Gasteiger partial charge is 0.481 e. The minimum absolute atomic E-state index is 0. The first-order valence-corrected chi connectivity index (χ1v) is 6.45. The maximum atomic E-state index is 11.3. The fraction of sp³-hybridized carbons (Fsp3) is 0.917. The molecule has 0 aliphatic rings. The van der Waals surface area contributed by atoms with Crippen molar-refractivity contribution in [3.05, 3.63) is 0 Å². The van der Waals surface area contributed by atoms with Crippen molar-refractivity contribution in [1.29, 1.82) is 0 Å². The Balaban J connectivity index is -0.00000112. The SMILES string of the molecule is BC(CCCC)(CCN(CC)CC)C(=O)O.Cl.Cl. The number of carboxylic acids is 1. The zero-order valence-electron chi connectivity index (χ0n) is 12.1. The average molecular weight is 300 g/mol. The van der Waals surface area contributed by atoms with Crippen LogP contribution in [0.3, 0.4) is 0 Å². The summed E-state index contributed by atoms with van der Waals surface area (Å²) in [5.74, 6) is -0.645. The Morgan fingerprint density at radius 1 is 1.17 bits per heavy atom. The lowest BCUT2D eigenvalue weighted by Gasteiger charge is -2.28. The number of hydrogen-bond donors (Lipinski definition) is 1. The molecule has 1 N–H and O–H groups in total. The van der Waals surface area contributed by atoms with Gasteiger partial charge in [0.05, 0.1) is 0 Å². The van der Waals surface area contributed by atoms with Crippen LogP contribution in [0.2, 0.25) is 5.31 Å². The minimum atomic E-state index is -0.645. The van der Waals surface area contributed by atoms with Gasteiger partial charge < -0.3 is 10.0 Å². The first-order valence-electron chi connectivity index (χ1n) is 6.45. The minimum Gasteiger partial charge on any atom is -0.481 e. The molecule has 0 aromatic heterocycles. The molecule has 1 unspecified atom stereocenters. The molecule has 0 aliphatic carbocycles. The van der Waals surface area contributed by atoms with Crippen LogP contribution in [0.25, 0.3) is 0 Å². The second kappa shape index (κ2) is 12.1. The van der Waals surface area contributed by atoms with Crippen LogP contribution in [0.1, 0.15) is 46.5 Å². The van der Waals surface area contributed by atoms with Crippen LogP contribution in [-0.4, -0.2) is 43.5 Å². The van der Waals surface area contributed by atoms with Crippen molar-refractivity contribution < 1.29 is 9.90 Å². The van der Waals surface area contributed by atoms with E-state index in [0.29, 0.717) is 0 Å². The van der Waals surface area contributed by atoms with Crippen LogP contribution in [-0.2, 0) is 4.79 Å². The molecule has 3 nitrogen and oxygen atoms in total. The van der Waals surface area contributed by atoms with Gasteiger partial charge in [0.2, 0.25) is 0 Å². The molecule has 0 rings (SSSR count). The molecular weight excluding hydrogens is 272 g/mol. The van der Waals surface area contributed by atoms with Crippen molar-refractivity contribution in [3.63, 3.8) is 0 Å². The van der Waals surface area contributed by atoms with E-state index >= 15 is 0 Å². The van der Waals surface area contributed by atoms with E-state index in [9.17, 15) is 9.90 Å². The Hall–Kier alpha value is 0.0749. The van der Waals surface area contributed by atoms with Gasteiger partial charge in [0.1, 0.15) is 7.85 Å². The number of carboxylic acid groups (broad SMARTS) is 1. The topological polar surface area (TPSA) is 40.5 Å². The molecule has 0 amide bonds. The number of halogens is 2. The van der Waals surface area contributed by atoms with E-state index in [4.69, 9.17) is 0 Å². The molecule has 0 aromatic rings. The number of rotatable bonds is 9. The first kappa shape index (κ1) is 23.2. The van der Waals surface area contributed by atoms with E-state index < -0.39 is 11.3 Å². The van der Waals surface area contributed by atoms with Crippen LogP contribution in [0, 0.1) is 0 Å². The summed E-state index contributed by atoms with van der Waals surface area (Å²) >= 11 is 0. The van der Waals surface area contributed by atoms with E-state index in [-0.39, 0.29) is 24.8 Å². The van der Waals surface area contributed by atoms with Crippen molar-refractivity contribution >= 4 is 38.6 Å². The lowest BCUT2D eigenvalue weighted by Crippen LogP contribution is -2.31. The third kappa shape index (κ3) is 8.22. The molecule has 0 bridgehead atoms. The molecule has 0 radical (unpaired) electrons. The molecule has 0 spiro atoms. The predicted octanol–water partition coefficient (Wildman–Crippen LogP) is 2.63. The molecule has 0 aromatic carbocycles. The summed E-state index contributed by atoms with van der Waals surface area (Å²) in [6.07, 6.45) is 3.61.